The van der Waals surface area contributed by atoms with Gasteiger partial charge in [-0.15, -0.1) is 0 Å². The Labute approximate surface area is 170 Å². The Bertz CT molecular complexity index is 577. The third-order valence-electron chi connectivity index (χ3n) is 5.33. The van der Waals surface area contributed by atoms with Gasteiger partial charge in [0.05, 0.1) is 12.3 Å². The second kappa shape index (κ2) is 12.7. The molecule has 1 aromatic rings. The van der Waals surface area contributed by atoms with Crippen LogP contribution in [0.25, 0.3) is 0 Å². The van der Waals surface area contributed by atoms with Crippen LogP contribution in [0.2, 0.25) is 0 Å². The first-order chi connectivity index (χ1) is 13.6. The maximum absolute atomic E-state index is 12.4. The van der Waals surface area contributed by atoms with Gasteiger partial charge in [0.15, 0.2) is 0 Å². The van der Waals surface area contributed by atoms with E-state index in [4.69, 9.17) is 9.47 Å². The molecule has 1 aliphatic carbocycles. The van der Waals surface area contributed by atoms with Gasteiger partial charge >= 0.3 is 6.09 Å². The van der Waals surface area contributed by atoms with Crippen LogP contribution in [0, 0.1) is 5.92 Å². The topological polar surface area (TPSA) is 50.8 Å². The third-order valence-corrected chi connectivity index (χ3v) is 5.33. The minimum absolute atomic E-state index is 0.00130. The van der Waals surface area contributed by atoms with E-state index < -0.39 is 0 Å². The van der Waals surface area contributed by atoms with Crippen molar-refractivity contribution < 1.29 is 14.3 Å². The molecule has 0 radical (unpaired) electrons. The molecule has 0 bridgehead atoms. The largest absolute Gasteiger partial charge is 0.491 e. The number of hydrogen-bond donors (Lipinski definition) is 1. The van der Waals surface area contributed by atoms with Gasteiger partial charge in [0, 0.05) is 12.5 Å². The van der Waals surface area contributed by atoms with Crippen molar-refractivity contribution in [2.75, 3.05) is 32.6 Å². The number of anilines is 1. The summed E-state index contributed by atoms with van der Waals surface area (Å²) in [5, 5.41) is 2.88. The summed E-state index contributed by atoms with van der Waals surface area (Å²) in [5.74, 6) is 1.13. The minimum atomic E-state index is -0.383. The summed E-state index contributed by atoms with van der Waals surface area (Å²) in [6.45, 7) is 3.86. The molecular formula is C23H38N2O3. The van der Waals surface area contributed by atoms with Crippen LogP contribution in [-0.2, 0) is 4.74 Å². The SMILES string of the molecule is CCCCCCCCOc1ccccc1NC(=O)O[C@@H]1CCC[C@@H]1CN(C)C. The van der Waals surface area contributed by atoms with Crippen molar-refractivity contribution in [3.05, 3.63) is 24.3 Å². The smallest absolute Gasteiger partial charge is 0.412 e. The molecule has 0 heterocycles. The second-order valence-electron chi connectivity index (χ2n) is 8.13. The maximum atomic E-state index is 12.4. The van der Waals surface area contributed by atoms with Crippen LogP contribution in [0.3, 0.4) is 0 Å². The standard InChI is InChI=1S/C23H38N2O3/c1-4-5-6-7-8-11-17-27-22-15-10-9-14-20(22)24-23(26)28-21-16-12-13-19(21)18-25(2)3/h9-10,14-15,19,21H,4-8,11-13,16-18H2,1-3H3,(H,24,26)/t19-,21-/m1/s1. The monoisotopic (exact) mass is 390 g/mol. The summed E-state index contributed by atoms with van der Waals surface area (Å²) in [4.78, 5) is 14.6. The van der Waals surface area contributed by atoms with Crippen molar-refractivity contribution in [2.24, 2.45) is 5.92 Å². The molecule has 1 aliphatic rings. The second-order valence-corrected chi connectivity index (χ2v) is 8.13. The molecule has 158 valence electrons. The molecule has 0 spiro atoms. The molecule has 5 nitrogen and oxygen atoms in total. The molecule has 5 heteroatoms. The van der Waals surface area contributed by atoms with E-state index in [-0.39, 0.29) is 12.2 Å². The molecule has 1 saturated carbocycles. The van der Waals surface area contributed by atoms with Crippen molar-refractivity contribution in [1.29, 1.82) is 0 Å². The first-order valence-corrected chi connectivity index (χ1v) is 10.9. The summed E-state index contributed by atoms with van der Waals surface area (Å²) in [6.07, 6.45) is 10.2. The molecule has 1 aromatic carbocycles. The third kappa shape index (κ3) is 8.09. The first-order valence-electron chi connectivity index (χ1n) is 10.9. The fourth-order valence-electron chi connectivity index (χ4n) is 3.87. The average molecular weight is 391 g/mol. The lowest BCUT2D eigenvalue weighted by Crippen LogP contribution is -2.31. The number of carbonyl (C=O) groups is 1. The Balaban J connectivity index is 1.77. The number of hydrogen-bond acceptors (Lipinski definition) is 4. The number of rotatable bonds is 12. The average Bonchev–Trinajstić information content (AvgIpc) is 3.08. The number of amides is 1. The van der Waals surface area contributed by atoms with Gasteiger partial charge in [-0.05, 0) is 51.9 Å². The highest BCUT2D eigenvalue weighted by Crippen LogP contribution is 2.30. The quantitative estimate of drug-likeness (QED) is 0.465. The van der Waals surface area contributed by atoms with Gasteiger partial charge < -0.3 is 14.4 Å². The molecule has 2 rings (SSSR count). The van der Waals surface area contributed by atoms with E-state index in [0.29, 0.717) is 24.0 Å². The van der Waals surface area contributed by atoms with Gasteiger partial charge in [0.1, 0.15) is 11.9 Å². The van der Waals surface area contributed by atoms with Crippen molar-refractivity contribution in [2.45, 2.75) is 70.8 Å². The van der Waals surface area contributed by atoms with Crippen LogP contribution in [0.5, 0.6) is 5.75 Å². The molecule has 0 unspecified atom stereocenters. The van der Waals surface area contributed by atoms with Gasteiger partial charge in [-0.1, -0.05) is 51.2 Å². The normalized spacial score (nSPS) is 19.0. The van der Waals surface area contributed by atoms with E-state index in [9.17, 15) is 4.79 Å². The Morgan fingerprint density at radius 2 is 1.86 bits per heavy atom. The highest BCUT2D eigenvalue weighted by atomic mass is 16.6. The van der Waals surface area contributed by atoms with Crippen LogP contribution in [0.1, 0.15) is 64.7 Å². The molecule has 1 fully saturated rings. The predicted octanol–water partition coefficient (Wildman–Crippen LogP) is 5.70. The highest BCUT2D eigenvalue weighted by molar-refractivity contribution is 5.86. The van der Waals surface area contributed by atoms with Crippen LogP contribution < -0.4 is 10.1 Å². The number of nitrogens with one attached hydrogen (secondary N) is 1. The molecule has 28 heavy (non-hydrogen) atoms. The fraction of sp³-hybridized carbons (Fsp3) is 0.696. The molecule has 2 atom stereocenters. The first kappa shape index (κ1) is 22.5. The summed E-state index contributed by atoms with van der Waals surface area (Å²) in [6, 6.07) is 7.59. The summed E-state index contributed by atoms with van der Waals surface area (Å²) >= 11 is 0. The van der Waals surface area contributed by atoms with Crippen LogP contribution in [0.4, 0.5) is 10.5 Å². The van der Waals surface area contributed by atoms with Gasteiger partial charge in [0.2, 0.25) is 0 Å². The van der Waals surface area contributed by atoms with Crippen molar-refractivity contribution in [3.63, 3.8) is 0 Å². The molecule has 1 N–H and O–H groups in total. The lowest BCUT2D eigenvalue weighted by atomic mass is 10.1. The maximum Gasteiger partial charge on any atom is 0.412 e. The van der Waals surface area contributed by atoms with Crippen LogP contribution >= 0.6 is 0 Å². The Hall–Kier alpha value is -1.75. The number of para-hydroxylation sites is 2. The summed E-state index contributed by atoms with van der Waals surface area (Å²) in [5.41, 5.74) is 0.681. The molecule has 1 amide bonds. The van der Waals surface area contributed by atoms with E-state index in [2.05, 4.69) is 31.2 Å². The zero-order valence-corrected chi connectivity index (χ0v) is 17.9. The molecule has 0 aliphatic heterocycles. The Morgan fingerprint density at radius 1 is 1.11 bits per heavy atom. The lowest BCUT2D eigenvalue weighted by molar-refractivity contribution is 0.0780. The number of ether oxygens (including phenoxy) is 2. The van der Waals surface area contributed by atoms with Crippen molar-refractivity contribution in [3.8, 4) is 5.75 Å². The van der Waals surface area contributed by atoms with Crippen LogP contribution in [0.15, 0.2) is 24.3 Å². The van der Waals surface area contributed by atoms with E-state index in [1.807, 2.05) is 24.3 Å². The summed E-state index contributed by atoms with van der Waals surface area (Å²) in [7, 11) is 4.12. The Morgan fingerprint density at radius 3 is 2.64 bits per heavy atom. The van der Waals surface area contributed by atoms with Crippen molar-refractivity contribution in [1.82, 2.24) is 4.90 Å². The van der Waals surface area contributed by atoms with Crippen molar-refractivity contribution >= 4 is 11.8 Å². The van der Waals surface area contributed by atoms with Gasteiger partial charge in [-0.25, -0.2) is 4.79 Å². The van der Waals surface area contributed by atoms with Crippen LogP contribution in [-0.4, -0.2) is 44.3 Å². The Kier molecular flexibility index (Phi) is 10.2. The minimum Gasteiger partial charge on any atom is -0.491 e. The number of benzene rings is 1. The number of nitrogens with zero attached hydrogens (tertiary/aromatic N) is 1. The zero-order valence-electron chi connectivity index (χ0n) is 17.9. The van der Waals surface area contributed by atoms with Gasteiger partial charge in [-0.3, -0.25) is 5.32 Å². The van der Waals surface area contributed by atoms with E-state index in [1.165, 1.54) is 32.1 Å². The number of unbranched alkanes of at least 4 members (excludes halogenated alkanes) is 5. The fourth-order valence-corrected chi connectivity index (χ4v) is 3.87. The summed E-state index contributed by atoms with van der Waals surface area (Å²) < 4.78 is 11.6. The zero-order chi connectivity index (χ0) is 20.2. The molecular weight excluding hydrogens is 352 g/mol. The molecule has 0 saturated heterocycles. The van der Waals surface area contributed by atoms with E-state index in [1.54, 1.807) is 0 Å². The van der Waals surface area contributed by atoms with Gasteiger partial charge in [0.25, 0.3) is 0 Å². The molecule has 0 aromatic heterocycles. The lowest BCUT2D eigenvalue weighted by Gasteiger charge is -2.23. The highest BCUT2D eigenvalue weighted by Gasteiger charge is 2.30. The number of carbonyl (C=O) groups excluding carboxylic acids is 1. The van der Waals surface area contributed by atoms with E-state index >= 15 is 0 Å². The van der Waals surface area contributed by atoms with E-state index in [0.717, 1.165) is 32.2 Å². The predicted molar refractivity (Wildman–Crippen MR) is 115 cm³/mol. The van der Waals surface area contributed by atoms with Gasteiger partial charge in [-0.2, -0.15) is 0 Å².